The fourth-order valence-electron chi connectivity index (χ4n) is 0.917. The first-order valence-electron chi connectivity index (χ1n) is 4.94. The molecule has 1 N–H and O–H groups in total. The van der Waals surface area contributed by atoms with Crippen LogP contribution < -0.4 is 5.32 Å². The summed E-state index contributed by atoms with van der Waals surface area (Å²) in [7, 11) is 3.21. The van der Waals surface area contributed by atoms with Crippen molar-refractivity contribution in [1.29, 1.82) is 0 Å². The molecule has 0 rings (SSSR count). The summed E-state index contributed by atoms with van der Waals surface area (Å²) in [6.07, 6.45) is 0.556. The van der Waals surface area contributed by atoms with Crippen molar-refractivity contribution < 1.29 is 9.53 Å². The van der Waals surface area contributed by atoms with Crippen molar-refractivity contribution in [3.63, 3.8) is 0 Å². The van der Waals surface area contributed by atoms with E-state index in [1.54, 1.807) is 0 Å². The molecule has 0 aromatic rings. The van der Waals surface area contributed by atoms with Crippen molar-refractivity contribution >= 4 is 13.5 Å². The van der Waals surface area contributed by atoms with Gasteiger partial charge < -0.3 is 0 Å². The first kappa shape index (κ1) is 13.9. The number of hydrogen-bond donors (Lipinski definition) is 1. The van der Waals surface area contributed by atoms with Crippen LogP contribution in [0.5, 0.6) is 0 Å². The van der Waals surface area contributed by atoms with Crippen molar-refractivity contribution in [3.8, 4) is 12.0 Å². The van der Waals surface area contributed by atoms with Gasteiger partial charge >= 0.3 is 91.2 Å². The van der Waals surface area contributed by atoms with Crippen LogP contribution in [0, 0.1) is 17.9 Å². The molecule has 0 aromatic carbocycles. The Hall–Kier alpha value is -1.15. The van der Waals surface area contributed by atoms with Gasteiger partial charge in [-0.15, -0.1) is 0 Å². The summed E-state index contributed by atoms with van der Waals surface area (Å²) >= 11 is 0. The summed E-state index contributed by atoms with van der Waals surface area (Å²) in [4.78, 5) is 14.5. The number of hydrogen-bond acceptors (Lipinski definition) is 3. The summed E-state index contributed by atoms with van der Waals surface area (Å²) in [5.74, 6) is 3.09. The van der Waals surface area contributed by atoms with Crippen molar-refractivity contribution in [1.82, 2.24) is 5.32 Å². The summed E-state index contributed by atoms with van der Waals surface area (Å²) in [6, 6.07) is 2.43. The van der Waals surface area contributed by atoms with E-state index < -0.39 is 0 Å². The fraction of sp³-hybridized carbons (Fsp3) is 0.700. The Morgan fingerprint density at radius 2 is 2.33 bits per heavy atom. The van der Waals surface area contributed by atoms with Crippen LogP contribution in [0.1, 0.15) is 20.3 Å². The van der Waals surface area contributed by atoms with Crippen molar-refractivity contribution in [2.45, 2.75) is 20.3 Å². The van der Waals surface area contributed by atoms with Crippen LogP contribution in [-0.2, 0) is 9.53 Å². The molecule has 0 bridgehead atoms. The SMILES string of the molecule is B=NC#CCOCCNC(=O)CC(C)C. The van der Waals surface area contributed by atoms with E-state index in [0.717, 1.165) is 0 Å². The molecular weight excluding hydrogens is 191 g/mol. The maximum atomic E-state index is 11.2. The maximum absolute atomic E-state index is 11.2. The molecular formula is C10H17BN2O2. The number of rotatable bonds is 6. The predicted molar refractivity (Wildman–Crippen MR) is 60.6 cm³/mol. The van der Waals surface area contributed by atoms with Gasteiger partial charge in [-0.05, 0) is 0 Å². The number of nitrogens with one attached hydrogen (secondary N) is 1. The average molecular weight is 208 g/mol. The second kappa shape index (κ2) is 9.41. The molecule has 82 valence electrons. The van der Waals surface area contributed by atoms with E-state index in [-0.39, 0.29) is 5.91 Å². The standard InChI is InChI=1S/C10H17BN2O2/c1-9(2)8-10(14)12-5-7-15-6-3-4-13-11/h9,11H,5-8H2,1-2H3,(H,12,14). The molecule has 0 aliphatic heterocycles. The molecule has 0 spiro atoms. The topological polar surface area (TPSA) is 50.7 Å². The van der Waals surface area contributed by atoms with E-state index in [2.05, 4.69) is 29.8 Å². The molecule has 0 heterocycles. The first-order chi connectivity index (χ1) is 7.16. The molecule has 0 radical (unpaired) electrons. The van der Waals surface area contributed by atoms with Gasteiger partial charge in [0.2, 0.25) is 0 Å². The zero-order chi connectivity index (χ0) is 11.5. The summed E-state index contributed by atoms with van der Waals surface area (Å²) in [6.45, 7) is 5.32. The van der Waals surface area contributed by atoms with Crippen molar-refractivity contribution in [2.75, 3.05) is 19.8 Å². The zero-order valence-electron chi connectivity index (χ0n) is 9.38. The van der Waals surface area contributed by atoms with Gasteiger partial charge in [0.25, 0.3) is 0 Å². The van der Waals surface area contributed by atoms with E-state index in [1.807, 2.05) is 13.8 Å². The van der Waals surface area contributed by atoms with Crippen molar-refractivity contribution in [3.05, 3.63) is 0 Å². The van der Waals surface area contributed by atoms with Crippen LogP contribution in [0.2, 0.25) is 0 Å². The van der Waals surface area contributed by atoms with Crippen LogP contribution in [-0.4, -0.2) is 33.3 Å². The second-order valence-corrected chi connectivity index (χ2v) is 3.45. The van der Waals surface area contributed by atoms with Gasteiger partial charge in [0, 0.05) is 0 Å². The molecule has 1 amide bonds. The van der Waals surface area contributed by atoms with Crippen LogP contribution in [0.4, 0.5) is 0 Å². The Bertz CT molecular complexity index is 256. The van der Waals surface area contributed by atoms with Crippen LogP contribution >= 0.6 is 0 Å². The summed E-state index contributed by atoms with van der Waals surface area (Å²) in [5.41, 5.74) is 0. The molecule has 0 aliphatic rings. The van der Waals surface area contributed by atoms with E-state index in [9.17, 15) is 4.79 Å². The number of ether oxygens (including phenoxy) is 1. The molecule has 0 saturated carbocycles. The minimum absolute atomic E-state index is 0.0624. The van der Waals surface area contributed by atoms with E-state index in [4.69, 9.17) is 4.74 Å². The fourth-order valence-corrected chi connectivity index (χ4v) is 0.917. The summed E-state index contributed by atoms with van der Waals surface area (Å²) in [5, 5.41) is 2.76. The van der Waals surface area contributed by atoms with Gasteiger partial charge in [0.05, 0.1) is 0 Å². The summed E-state index contributed by atoms with van der Waals surface area (Å²) < 4.78 is 5.11. The van der Waals surface area contributed by atoms with Crippen LogP contribution in [0.25, 0.3) is 0 Å². The Morgan fingerprint density at radius 3 is 2.93 bits per heavy atom. The molecule has 0 atom stereocenters. The Balaban J connectivity index is 3.31. The van der Waals surface area contributed by atoms with Gasteiger partial charge in [-0.25, -0.2) is 0 Å². The Kier molecular flexibility index (Phi) is 8.69. The molecule has 0 saturated heterocycles. The third-order valence-corrected chi connectivity index (χ3v) is 1.49. The average Bonchev–Trinajstić information content (AvgIpc) is 2.15. The van der Waals surface area contributed by atoms with Crippen molar-refractivity contribution in [2.24, 2.45) is 10.8 Å². The molecule has 4 nitrogen and oxygen atoms in total. The molecule has 0 fully saturated rings. The minimum atomic E-state index is 0.0624. The van der Waals surface area contributed by atoms with Crippen LogP contribution in [0.3, 0.4) is 0 Å². The third-order valence-electron chi connectivity index (χ3n) is 1.49. The molecule has 0 unspecified atom stereocenters. The van der Waals surface area contributed by atoms with Gasteiger partial charge in [-0.1, -0.05) is 0 Å². The quantitative estimate of drug-likeness (QED) is 0.385. The predicted octanol–water partition coefficient (Wildman–Crippen LogP) is 0.211. The number of nitrogens with zero attached hydrogens (tertiary/aromatic N) is 1. The molecule has 15 heavy (non-hydrogen) atoms. The molecule has 5 heteroatoms. The van der Waals surface area contributed by atoms with Gasteiger partial charge in [-0.3, -0.25) is 0 Å². The molecule has 0 aliphatic carbocycles. The van der Waals surface area contributed by atoms with Crippen LogP contribution in [0.15, 0.2) is 4.90 Å². The van der Waals surface area contributed by atoms with E-state index in [0.29, 0.717) is 32.1 Å². The van der Waals surface area contributed by atoms with Gasteiger partial charge in [-0.2, -0.15) is 0 Å². The van der Waals surface area contributed by atoms with E-state index >= 15 is 0 Å². The Morgan fingerprint density at radius 1 is 1.60 bits per heavy atom. The first-order valence-corrected chi connectivity index (χ1v) is 4.94. The third kappa shape index (κ3) is 10.8. The zero-order valence-corrected chi connectivity index (χ0v) is 9.38. The normalized spacial score (nSPS) is 9.20. The number of carbonyl (C=O) groups is 1. The number of amides is 1. The second-order valence-electron chi connectivity index (χ2n) is 3.45. The van der Waals surface area contributed by atoms with Gasteiger partial charge in [0.15, 0.2) is 0 Å². The van der Waals surface area contributed by atoms with E-state index in [1.165, 1.54) is 0 Å². The molecule has 0 aromatic heterocycles. The monoisotopic (exact) mass is 208 g/mol. The Labute approximate surface area is 91.9 Å². The number of carbonyl (C=O) groups excluding carboxylic acids is 1. The van der Waals surface area contributed by atoms with Gasteiger partial charge in [0.1, 0.15) is 0 Å².